The molecule has 0 saturated heterocycles. The zero-order chi connectivity index (χ0) is 27.7. The normalized spacial score (nSPS) is 11.8. The molecule has 0 spiro atoms. The van der Waals surface area contributed by atoms with Crippen molar-refractivity contribution < 1.29 is 45.3 Å². The fourth-order valence-corrected chi connectivity index (χ4v) is 3.45. The maximum Gasteiger partial charge on any atom is 0.419 e. The molecular formula is C25H17F6N3O4. The van der Waals surface area contributed by atoms with Gasteiger partial charge in [0.1, 0.15) is 17.9 Å². The molecule has 1 N–H and O–H groups in total. The lowest BCUT2D eigenvalue weighted by Gasteiger charge is -2.18. The van der Waals surface area contributed by atoms with Gasteiger partial charge in [-0.3, -0.25) is 4.79 Å². The lowest BCUT2D eigenvalue weighted by Crippen LogP contribution is -2.32. The van der Waals surface area contributed by atoms with E-state index in [0.717, 1.165) is 30.3 Å². The van der Waals surface area contributed by atoms with E-state index in [-0.39, 0.29) is 17.7 Å². The van der Waals surface area contributed by atoms with Crippen LogP contribution in [0.3, 0.4) is 0 Å². The van der Waals surface area contributed by atoms with Crippen LogP contribution in [0.4, 0.5) is 32.0 Å². The first-order valence-electron chi connectivity index (χ1n) is 10.6. The van der Waals surface area contributed by atoms with Gasteiger partial charge in [0, 0.05) is 17.3 Å². The van der Waals surface area contributed by atoms with Crippen molar-refractivity contribution in [2.24, 2.45) is 0 Å². The van der Waals surface area contributed by atoms with E-state index in [1.165, 1.54) is 20.5 Å². The third-order valence-electron chi connectivity index (χ3n) is 5.35. The number of halogens is 6. The predicted molar refractivity (Wildman–Crippen MR) is 123 cm³/mol. The number of carbonyl (C=O) groups excluding carboxylic acids is 1. The molecule has 0 aliphatic carbocycles. The highest BCUT2D eigenvalue weighted by Gasteiger charge is 2.41. The second-order valence-electron chi connectivity index (χ2n) is 7.75. The Morgan fingerprint density at radius 1 is 0.868 bits per heavy atom. The van der Waals surface area contributed by atoms with Crippen LogP contribution in [0.2, 0.25) is 0 Å². The molecule has 0 bridgehead atoms. The number of aromatic nitrogens is 2. The molecule has 0 saturated carbocycles. The molecule has 7 nitrogen and oxygen atoms in total. The molecule has 0 unspecified atom stereocenters. The predicted octanol–water partition coefficient (Wildman–Crippen LogP) is 6.33. The lowest BCUT2D eigenvalue weighted by atomic mass is 10.1. The van der Waals surface area contributed by atoms with E-state index in [4.69, 9.17) is 14.2 Å². The summed E-state index contributed by atoms with van der Waals surface area (Å²) in [6, 6.07) is 8.71. The van der Waals surface area contributed by atoms with Gasteiger partial charge < -0.3 is 19.5 Å². The van der Waals surface area contributed by atoms with E-state index < -0.39 is 40.6 Å². The molecule has 0 radical (unpaired) electrons. The van der Waals surface area contributed by atoms with Crippen molar-refractivity contribution in [1.29, 1.82) is 0 Å². The topological polar surface area (TPSA) is 82.6 Å². The number of fused-ring (bicyclic) bond motifs is 1. The zero-order valence-electron chi connectivity index (χ0n) is 19.6. The average molecular weight is 537 g/mol. The SMILES string of the molecule is COc1cc2ncnc(Oc3ccc(C(F)(F)C(=O)Nc4ccc(F)c(C(F)(F)F)c4)cc3)c2cc1OC. The van der Waals surface area contributed by atoms with Gasteiger partial charge in [-0.1, -0.05) is 0 Å². The monoisotopic (exact) mass is 537 g/mol. The number of carbonyl (C=O) groups is 1. The van der Waals surface area contributed by atoms with Gasteiger partial charge in [0.2, 0.25) is 5.88 Å². The van der Waals surface area contributed by atoms with Gasteiger partial charge in [-0.2, -0.15) is 22.0 Å². The van der Waals surface area contributed by atoms with Gasteiger partial charge >= 0.3 is 12.1 Å². The van der Waals surface area contributed by atoms with Crippen LogP contribution in [0.5, 0.6) is 23.1 Å². The molecule has 13 heteroatoms. The number of benzene rings is 3. The summed E-state index contributed by atoms with van der Waals surface area (Å²) < 4.78 is 97.9. The van der Waals surface area contributed by atoms with Gasteiger partial charge in [0.05, 0.1) is 30.7 Å². The molecular weight excluding hydrogens is 520 g/mol. The number of nitrogens with one attached hydrogen (secondary N) is 1. The summed E-state index contributed by atoms with van der Waals surface area (Å²) in [5.41, 5.74) is -2.65. The van der Waals surface area contributed by atoms with E-state index in [1.54, 1.807) is 17.4 Å². The van der Waals surface area contributed by atoms with Crippen molar-refractivity contribution in [3.05, 3.63) is 77.9 Å². The molecule has 1 heterocycles. The third-order valence-corrected chi connectivity index (χ3v) is 5.35. The summed E-state index contributed by atoms with van der Waals surface area (Å²) in [5.74, 6) is -6.68. The molecule has 1 amide bonds. The Kier molecular flexibility index (Phi) is 7.03. The molecule has 4 aromatic rings. The highest BCUT2D eigenvalue weighted by Crippen LogP contribution is 2.37. The van der Waals surface area contributed by atoms with Gasteiger partial charge in [-0.05, 0) is 48.5 Å². The van der Waals surface area contributed by atoms with Crippen molar-refractivity contribution in [1.82, 2.24) is 9.97 Å². The fraction of sp³-hybridized carbons (Fsp3) is 0.160. The van der Waals surface area contributed by atoms with Crippen molar-refractivity contribution >= 4 is 22.5 Å². The number of hydrogen-bond acceptors (Lipinski definition) is 6. The van der Waals surface area contributed by atoms with Crippen LogP contribution in [0, 0.1) is 5.82 Å². The van der Waals surface area contributed by atoms with Crippen molar-refractivity contribution in [3.8, 4) is 23.1 Å². The van der Waals surface area contributed by atoms with Crippen LogP contribution in [-0.4, -0.2) is 30.1 Å². The largest absolute Gasteiger partial charge is 0.493 e. The number of methoxy groups -OCH3 is 2. The second kappa shape index (κ2) is 10.1. The second-order valence-corrected chi connectivity index (χ2v) is 7.75. The van der Waals surface area contributed by atoms with E-state index in [9.17, 15) is 31.1 Å². The molecule has 1 aromatic heterocycles. The molecule has 0 atom stereocenters. The van der Waals surface area contributed by atoms with Gasteiger partial charge in [-0.15, -0.1) is 0 Å². The number of amides is 1. The number of rotatable bonds is 7. The Morgan fingerprint density at radius 2 is 1.53 bits per heavy atom. The first-order chi connectivity index (χ1) is 17.9. The highest BCUT2D eigenvalue weighted by atomic mass is 19.4. The van der Waals surface area contributed by atoms with Gasteiger partial charge in [-0.25, -0.2) is 14.4 Å². The minimum atomic E-state index is -5.07. The number of hydrogen-bond donors (Lipinski definition) is 1. The Bertz CT molecular complexity index is 1490. The molecule has 0 fully saturated rings. The average Bonchev–Trinajstić information content (AvgIpc) is 2.88. The van der Waals surface area contributed by atoms with E-state index >= 15 is 0 Å². The molecule has 4 rings (SSSR count). The third kappa shape index (κ3) is 5.26. The van der Waals surface area contributed by atoms with Crippen LogP contribution in [0.15, 0.2) is 60.9 Å². The van der Waals surface area contributed by atoms with Gasteiger partial charge in [0.15, 0.2) is 11.5 Å². The summed E-state index contributed by atoms with van der Waals surface area (Å²) in [5, 5.41) is 2.13. The Labute approximate surface area is 211 Å². The minimum Gasteiger partial charge on any atom is -0.493 e. The first kappa shape index (κ1) is 26.5. The molecule has 0 aliphatic rings. The van der Waals surface area contributed by atoms with Crippen molar-refractivity contribution in [3.63, 3.8) is 0 Å². The number of anilines is 1. The first-order valence-corrected chi connectivity index (χ1v) is 10.6. The zero-order valence-corrected chi connectivity index (χ0v) is 19.6. The minimum absolute atomic E-state index is 0.0879. The van der Waals surface area contributed by atoms with Crippen LogP contribution in [-0.2, 0) is 16.9 Å². The summed E-state index contributed by atoms with van der Waals surface area (Å²) in [7, 11) is 2.90. The molecule has 198 valence electrons. The maximum atomic E-state index is 14.8. The molecule has 38 heavy (non-hydrogen) atoms. The Hall–Kier alpha value is -4.55. The summed E-state index contributed by atoms with van der Waals surface area (Å²) in [6.07, 6.45) is -3.84. The number of ether oxygens (including phenoxy) is 3. The maximum absolute atomic E-state index is 14.8. The Morgan fingerprint density at radius 3 is 2.16 bits per heavy atom. The summed E-state index contributed by atoms with van der Waals surface area (Å²) in [6.45, 7) is 0. The van der Waals surface area contributed by atoms with E-state index in [0.29, 0.717) is 28.5 Å². The number of nitrogens with zero attached hydrogens (tertiary/aromatic N) is 2. The quantitative estimate of drug-likeness (QED) is 0.278. The molecule has 0 aliphatic heterocycles. The summed E-state index contributed by atoms with van der Waals surface area (Å²) >= 11 is 0. The fourth-order valence-electron chi connectivity index (χ4n) is 3.45. The number of alkyl halides is 5. The van der Waals surface area contributed by atoms with E-state index in [1.807, 2.05) is 0 Å². The van der Waals surface area contributed by atoms with Crippen molar-refractivity contribution in [2.75, 3.05) is 19.5 Å². The standard InChI is InChI=1S/C25H17F6N3O4/c1-36-20-10-16-19(11-21(20)37-2)32-12-33-22(16)38-15-6-3-13(4-7-15)24(27,28)23(35)34-14-5-8-18(26)17(9-14)25(29,30)31/h3-12H,1-2H3,(H,34,35). The Balaban J connectivity index is 1.54. The summed E-state index contributed by atoms with van der Waals surface area (Å²) in [4.78, 5) is 20.4. The van der Waals surface area contributed by atoms with Crippen LogP contribution < -0.4 is 19.5 Å². The lowest BCUT2D eigenvalue weighted by molar-refractivity contribution is -0.141. The van der Waals surface area contributed by atoms with Gasteiger partial charge in [0.25, 0.3) is 5.91 Å². The van der Waals surface area contributed by atoms with Crippen LogP contribution >= 0.6 is 0 Å². The smallest absolute Gasteiger partial charge is 0.419 e. The van der Waals surface area contributed by atoms with E-state index in [2.05, 4.69) is 9.97 Å². The van der Waals surface area contributed by atoms with Crippen molar-refractivity contribution in [2.45, 2.75) is 12.1 Å². The van der Waals surface area contributed by atoms with Crippen LogP contribution in [0.25, 0.3) is 10.9 Å². The highest BCUT2D eigenvalue weighted by molar-refractivity contribution is 5.96. The molecule has 3 aromatic carbocycles. The van der Waals surface area contributed by atoms with Crippen LogP contribution in [0.1, 0.15) is 11.1 Å².